The monoisotopic (exact) mass is 312 g/mol. The van der Waals surface area contributed by atoms with E-state index >= 15 is 0 Å². The molecule has 0 unspecified atom stereocenters. The lowest BCUT2D eigenvalue weighted by Gasteiger charge is -2.27. The first-order valence-electron chi connectivity index (χ1n) is 6.74. The molecule has 1 heterocycles. The van der Waals surface area contributed by atoms with Crippen molar-refractivity contribution in [3.8, 4) is 0 Å². The van der Waals surface area contributed by atoms with Crippen molar-refractivity contribution >= 4 is 23.2 Å². The number of hydrogen-bond acceptors (Lipinski definition) is 5. The Balaban J connectivity index is 1.94. The van der Waals surface area contributed by atoms with Crippen LogP contribution in [0, 0.1) is 10.1 Å². The van der Waals surface area contributed by atoms with Crippen LogP contribution in [0.4, 0.5) is 5.69 Å². The second kappa shape index (κ2) is 7.35. The number of benzene rings is 1. The number of rotatable bonds is 5. The van der Waals surface area contributed by atoms with E-state index in [1.54, 1.807) is 0 Å². The molecule has 1 fully saturated rings. The average molecular weight is 313 g/mol. The highest BCUT2D eigenvalue weighted by Crippen LogP contribution is 2.27. The molecule has 1 aromatic carbocycles. The van der Waals surface area contributed by atoms with Crippen molar-refractivity contribution in [3.63, 3.8) is 0 Å². The molecule has 21 heavy (non-hydrogen) atoms. The highest BCUT2D eigenvalue weighted by molar-refractivity contribution is 6.33. The van der Waals surface area contributed by atoms with Gasteiger partial charge in [0.05, 0.1) is 4.92 Å². The third-order valence-electron chi connectivity index (χ3n) is 3.34. The van der Waals surface area contributed by atoms with Gasteiger partial charge in [-0.3, -0.25) is 19.8 Å². The molecule has 1 amide bonds. The zero-order chi connectivity index (χ0) is 15.2. The Bertz CT molecular complexity index is 532. The van der Waals surface area contributed by atoms with E-state index in [0.717, 1.165) is 32.7 Å². The van der Waals surface area contributed by atoms with Gasteiger partial charge in [-0.05, 0) is 12.1 Å². The van der Waals surface area contributed by atoms with Crippen LogP contribution in [0.1, 0.15) is 10.4 Å². The quantitative estimate of drug-likeness (QED) is 0.622. The number of nitro groups is 1. The summed E-state index contributed by atoms with van der Waals surface area (Å²) in [6, 6.07) is 4.34. The van der Waals surface area contributed by atoms with Gasteiger partial charge in [0.1, 0.15) is 10.6 Å². The molecule has 0 radical (unpaired) electrons. The highest BCUT2D eigenvalue weighted by Gasteiger charge is 2.23. The summed E-state index contributed by atoms with van der Waals surface area (Å²) in [6.07, 6.45) is 0. The van der Waals surface area contributed by atoms with E-state index in [-0.39, 0.29) is 16.3 Å². The molecule has 8 heteroatoms. The summed E-state index contributed by atoms with van der Waals surface area (Å²) in [5.41, 5.74) is -0.355. The van der Waals surface area contributed by atoms with Gasteiger partial charge < -0.3 is 10.6 Å². The van der Waals surface area contributed by atoms with Crippen LogP contribution < -0.4 is 10.6 Å². The molecule has 0 aromatic heterocycles. The molecule has 1 aliphatic heterocycles. The van der Waals surface area contributed by atoms with E-state index in [9.17, 15) is 14.9 Å². The summed E-state index contributed by atoms with van der Waals surface area (Å²) >= 11 is 5.79. The van der Waals surface area contributed by atoms with Gasteiger partial charge in [0.25, 0.3) is 5.91 Å². The first-order chi connectivity index (χ1) is 10.1. The fraction of sp³-hybridized carbons (Fsp3) is 0.462. The third kappa shape index (κ3) is 4.13. The van der Waals surface area contributed by atoms with Gasteiger partial charge in [-0.25, -0.2) is 0 Å². The summed E-state index contributed by atoms with van der Waals surface area (Å²) in [4.78, 5) is 24.6. The molecular formula is C13H17ClN4O3. The maximum atomic E-state index is 12.1. The van der Waals surface area contributed by atoms with Crippen LogP contribution in [0.25, 0.3) is 0 Å². The molecule has 0 saturated carbocycles. The van der Waals surface area contributed by atoms with Crippen LogP contribution in [0.3, 0.4) is 0 Å². The van der Waals surface area contributed by atoms with Crippen LogP contribution in [-0.2, 0) is 0 Å². The Morgan fingerprint density at radius 3 is 2.81 bits per heavy atom. The number of carbonyl (C=O) groups is 1. The lowest BCUT2D eigenvalue weighted by atomic mass is 10.1. The largest absolute Gasteiger partial charge is 0.351 e. The molecular weight excluding hydrogens is 296 g/mol. The summed E-state index contributed by atoms with van der Waals surface area (Å²) in [7, 11) is 0. The first kappa shape index (κ1) is 15.7. The number of para-hydroxylation sites is 1. The smallest absolute Gasteiger partial charge is 0.300 e. The fourth-order valence-corrected chi connectivity index (χ4v) is 2.49. The van der Waals surface area contributed by atoms with Crippen molar-refractivity contribution in [2.45, 2.75) is 0 Å². The number of nitrogens with one attached hydrogen (secondary N) is 2. The van der Waals surface area contributed by atoms with Gasteiger partial charge in [0.15, 0.2) is 0 Å². The average Bonchev–Trinajstić information content (AvgIpc) is 2.47. The van der Waals surface area contributed by atoms with E-state index in [0.29, 0.717) is 6.54 Å². The Labute approximate surface area is 127 Å². The van der Waals surface area contributed by atoms with E-state index in [4.69, 9.17) is 11.6 Å². The topological polar surface area (TPSA) is 87.5 Å². The van der Waals surface area contributed by atoms with Crippen molar-refractivity contribution in [3.05, 3.63) is 38.9 Å². The number of carbonyl (C=O) groups excluding carboxylic acids is 1. The minimum absolute atomic E-state index is 0.00666. The number of piperazine rings is 1. The number of nitro benzene ring substituents is 1. The van der Waals surface area contributed by atoms with Crippen molar-refractivity contribution in [1.29, 1.82) is 0 Å². The van der Waals surface area contributed by atoms with Crippen molar-refractivity contribution in [2.75, 3.05) is 39.3 Å². The van der Waals surface area contributed by atoms with Crippen molar-refractivity contribution in [1.82, 2.24) is 15.5 Å². The molecule has 1 saturated heterocycles. The van der Waals surface area contributed by atoms with Crippen LogP contribution >= 0.6 is 11.6 Å². The van der Waals surface area contributed by atoms with Crippen molar-refractivity contribution in [2.24, 2.45) is 0 Å². The van der Waals surface area contributed by atoms with E-state index in [1.807, 2.05) is 0 Å². The van der Waals surface area contributed by atoms with Gasteiger partial charge in [0.2, 0.25) is 0 Å². The molecule has 0 aliphatic carbocycles. The molecule has 2 rings (SSSR count). The molecule has 114 valence electrons. The number of nitrogens with zero attached hydrogens (tertiary/aromatic N) is 2. The zero-order valence-electron chi connectivity index (χ0n) is 11.5. The lowest BCUT2D eigenvalue weighted by Crippen LogP contribution is -2.46. The minimum atomic E-state index is -0.631. The summed E-state index contributed by atoms with van der Waals surface area (Å²) in [5.74, 6) is -0.473. The maximum Gasteiger partial charge on any atom is 0.300 e. The van der Waals surface area contributed by atoms with Crippen molar-refractivity contribution < 1.29 is 9.72 Å². The van der Waals surface area contributed by atoms with Crippen LogP contribution in [0.2, 0.25) is 5.02 Å². The molecule has 1 aromatic rings. The number of hydrogen-bond donors (Lipinski definition) is 2. The standard InChI is InChI=1S/C13H17ClN4O3/c14-11-3-1-2-10(12(11)18(20)21)13(19)16-6-9-17-7-4-15-5-8-17/h1-3,15H,4-9H2,(H,16,19). The highest BCUT2D eigenvalue weighted by atomic mass is 35.5. The predicted octanol–water partition coefficient (Wildman–Crippen LogP) is 0.883. The van der Waals surface area contributed by atoms with E-state index < -0.39 is 10.8 Å². The Morgan fingerprint density at radius 1 is 1.43 bits per heavy atom. The summed E-state index contributed by atoms with van der Waals surface area (Å²) in [5, 5.41) is 16.9. The van der Waals surface area contributed by atoms with Crippen LogP contribution in [-0.4, -0.2) is 55.0 Å². The SMILES string of the molecule is O=C(NCCN1CCNCC1)c1cccc(Cl)c1[N+](=O)[O-]. The Hall–Kier alpha value is -1.70. The normalized spacial score (nSPS) is 15.7. The zero-order valence-corrected chi connectivity index (χ0v) is 12.2. The van der Waals surface area contributed by atoms with Gasteiger partial charge in [-0.1, -0.05) is 17.7 Å². The Kier molecular flexibility index (Phi) is 5.49. The van der Waals surface area contributed by atoms with Crippen LogP contribution in [0.5, 0.6) is 0 Å². The number of amides is 1. The first-order valence-corrected chi connectivity index (χ1v) is 7.11. The predicted molar refractivity (Wildman–Crippen MR) is 79.7 cm³/mol. The lowest BCUT2D eigenvalue weighted by molar-refractivity contribution is -0.385. The fourth-order valence-electron chi connectivity index (χ4n) is 2.24. The molecule has 0 spiro atoms. The van der Waals surface area contributed by atoms with E-state index in [2.05, 4.69) is 15.5 Å². The molecule has 2 N–H and O–H groups in total. The molecule has 0 bridgehead atoms. The molecule has 7 nitrogen and oxygen atoms in total. The van der Waals surface area contributed by atoms with Gasteiger partial charge in [0, 0.05) is 39.3 Å². The van der Waals surface area contributed by atoms with Crippen LogP contribution in [0.15, 0.2) is 18.2 Å². The third-order valence-corrected chi connectivity index (χ3v) is 3.64. The maximum absolute atomic E-state index is 12.1. The summed E-state index contributed by atoms with van der Waals surface area (Å²) in [6.45, 7) is 4.92. The van der Waals surface area contributed by atoms with Gasteiger partial charge >= 0.3 is 5.69 Å². The van der Waals surface area contributed by atoms with E-state index in [1.165, 1.54) is 18.2 Å². The second-order valence-electron chi connectivity index (χ2n) is 4.74. The Morgan fingerprint density at radius 2 is 2.14 bits per heavy atom. The molecule has 0 atom stereocenters. The second-order valence-corrected chi connectivity index (χ2v) is 5.15. The molecule has 1 aliphatic rings. The number of halogens is 1. The minimum Gasteiger partial charge on any atom is -0.351 e. The van der Waals surface area contributed by atoms with Gasteiger partial charge in [-0.15, -0.1) is 0 Å². The summed E-state index contributed by atoms with van der Waals surface area (Å²) < 4.78 is 0. The van der Waals surface area contributed by atoms with Gasteiger partial charge in [-0.2, -0.15) is 0 Å².